The fraction of sp³-hybridized carbons (Fsp3) is 0.857. The number of rotatable bonds is 0. The van der Waals surface area contributed by atoms with Crippen LogP contribution >= 0.6 is 0 Å². The second-order valence-corrected chi connectivity index (χ2v) is 5.87. The van der Waals surface area contributed by atoms with Gasteiger partial charge in [-0.05, 0) is 50.4 Å². The summed E-state index contributed by atoms with van der Waals surface area (Å²) in [6.45, 7) is 0. The third-order valence-corrected chi connectivity index (χ3v) is 5.05. The van der Waals surface area contributed by atoms with Gasteiger partial charge in [0.25, 0.3) is 0 Å². The highest BCUT2D eigenvalue weighted by molar-refractivity contribution is 5.91. The van der Waals surface area contributed by atoms with E-state index in [1.807, 2.05) is 0 Å². The van der Waals surface area contributed by atoms with E-state index in [2.05, 4.69) is 0 Å². The van der Waals surface area contributed by atoms with Crippen LogP contribution in [-0.4, -0.2) is 11.6 Å². The molecule has 3 saturated carbocycles. The van der Waals surface area contributed by atoms with Crippen molar-refractivity contribution in [3.63, 3.8) is 0 Å². The summed E-state index contributed by atoms with van der Waals surface area (Å²) in [6, 6.07) is 0. The van der Waals surface area contributed by atoms with Crippen LogP contribution in [0.2, 0.25) is 0 Å². The summed E-state index contributed by atoms with van der Waals surface area (Å²) in [7, 11) is 0. The molecule has 0 heterocycles. The van der Waals surface area contributed by atoms with Crippen LogP contribution < -0.4 is 0 Å². The Labute approximate surface area is 96.8 Å². The first kappa shape index (κ1) is 10.5. The molecular weight excluding hydrogens is 200 g/mol. The van der Waals surface area contributed by atoms with Crippen LogP contribution in [0, 0.1) is 23.7 Å². The molecule has 3 aliphatic carbocycles. The number of hydrogen-bond acceptors (Lipinski definition) is 2. The number of hydrogen-bond donors (Lipinski definition) is 0. The van der Waals surface area contributed by atoms with E-state index in [1.54, 1.807) is 0 Å². The highest BCUT2D eigenvalue weighted by Gasteiger charge is 2.48. The Hall–Kier alpha value is -0.660. The van der Waals surface area contributed by atoms with Crippen molar-refractivity contribution in [1.82, 2.24) is 0 Å². The van der Waals surface area contributed by atoms with Crippen molar-refractivity contribution >= 4 is 11.6 Å². The molecule has 0 radical (unpaired) electrons. The molecule has 0 saturated heterocycles. The average molecular weight is 220 g/mol. The van der Waals surface area contributed by atoms with E-state index in [4.69, 9.17) is 0 Å². The Morgan fingerprint density at radius 2 is 1.12 bits per heavy atom. The predicted molar refractivity (Wildman–Crippen MR) is 60.9 cm³/mol. The smallest absolute Gasteiger partial charge is 0.136 e. The molecule has 3 fully saturated rings. The van der Waals surface area contributed by atoms with Crippen LogP contribution in [0.1, 0.15) is 51.4 Å². The van der Waals surface area contributed by atoms with Crippen LogP contribution in [0.4, 0.5) is 0 Å². The first-order valence-corrected chi connectivity index (χ1v) is 6.83. The quantitative estimate of drug-likeness (QED) is 0.629. The third-order valence-electron chi connectivity index (χ3n) is 5.05. The summed E-state index contributed by atoms with van der Waals surface area (Å²) in [6.07, 6.45) is 8.36. The van der Waals surface area contributed by atoms with Gasteiger partial charge < -0.3 is 0 Å². The lowest BCUT2D eigenvalue weighted by atomic mass is 9.57. The van der Waals surface area contributed by atoms with Crippen molar-refractivity contribution in [1.29, 1.82) is 0 Å². The largest absolute Gasteiger partial charge is 0.299 e. The van der Waals surface area contributed by atoms with Crippen molar-refractivity contribution < 1.29 is 9.59 Å². The monoisotopic (exact) mass is 220 g/mol. The van der Waals surface area contributed by atoms with E-state index in [0.29, 0.717) is 23.4 Å². The highest BCUT2D eigenvalue weighted by Crippen LogP contribution is 2.48. The van der Waals surface area contributed by atoms with Gasteiger partial charge in [-0.15, -0.1) is 0 Å². The van der Waals surface area contributed by atoms with Crippen molar-refractivity contribution in [2.75, 3.05) is 0 Å². The Kier molecular flexibility index (Phi) is 2.61. The first-order chi connectivity index (χ1) is 7.77. The Bertz CT molecular complexity index is 289. The highest BCUT2D eigenvalue weighted by atomic mass is 16.1. The van der Waals surface area contributed by atoms with Gasteiger partial charge in [0.2, 0.25) is 0 Å². The van der Waals surface area contributed by atoms with Gasteiger partial charge in [0, 0.05) is 24.7 Å². The zero-order chi connectivity index (χ0) is 11.1. The normalized spacial score (nSPS) is 43.8. The molecule has 2 heteroatoms. The minimum atomic E-state index is 0.125. The maximum absolute atomic E-state index is 12.1. The van der Waals surface area contributed by atoms with E-state index in [1.165, 1.54) is 25.7 Å². The summed E-state index contributed by atoms with van der Waals surface area (Å²) in [5.41, 5.74) is 0. The summed E-state index contributed by atoms with van der Waals surface area (Å²) >= 11 is 0. The van der Waals surface area contributed by atoms with Gasteiger partial charge in [-0.25, -0.2) is 0 Å². The molecule has 88 valence electrons. The van der Waals surface area contributed by atoms with Gasteiger partial charge in [-0.2, -0.15) is 0 Å². The summed E-state index contributed by atoms with van der Waals surface area (Å²) in [4.78, 5) is 24.2. The maximum Gasteiger partial charge on any atom is 0.136 e. The molecule has 2 nitrogen and oxygen atoms in total. The zero-order valence-electron chi connectivity index (χ0n) is 9.78. The van der Waals surface area contributed by atoms with Gasteiger partial charge in [0.15, 0.2) is 0 Å². The van der Waals surface area contributed by atoms with Gasteiger partial charge >= 0.3 is 0 Å². The van der Waals surface area contributed by atoms with Gasteiger partial charge in [-0.3, -0.25) is 9.59 Å². The molecule has 3 aliphatic rings. The van der Waals surface area contributed by atoms with Gasteiger partial charge in [-0.1, -0.05) is 0 Å². The molecular formula is C14H20O2. The molecule has 0 aromatic heterocycles. The summed E-state index contributed by atoms with van der Waals surface area (Å²) in [5, 5.41) is 0. The fourth-order valence-corrected chi connectivity index (χ4v) is 4.36. The van der Waals surface area contributed by atoms with E-state index in [-0.39, 0.29) is 11.8 Å². The minimum absolute atomic E-state index is 0.125. The van der Waals surface area contributed by atoms with Crippen LogP contribution in [0.5, 0.6) is 0 Å². The number of ketones is 2. The predicted octanol–water partition coefficient (Wildman–Crippen LogP) is 2.75. The molecule has 4 atom stereocenters. The molecule has 16 heavy (non-hydrogen) atoms. The van der Waals surface area contributed by atoms with Crippen LogP contribution in [0.15, 0.2) is 0 Å². The van der Waals surface area contributed by atoms with Crippen molar-refractivity contribution in [3.05, 3.63) is 0 Å². The average Bonchev–Trinajstić information content (AvgIpc) is 2.29. The van der Waals surface area contributed by atoms with E-state index in [9.17, 15) is 9.59 Å². The van der Waals surface area contributed by atoms with Gasteiger partial charge in [0.05, 0.1) is 0 Å². The summed E-state index contributed by atoms with van der Waals surface area (Å²) < 4.78 is 0. The number of carbonyl (C=O) groups is 2. The topological polar surface area (TPSA) is 34.1 Å². The molecule has 0 unspecified atom stereocenters. The molecule has 0 aliphatic heterocycles. The lowest BCUT2D eigenvalue weighted by molar-refractivity contribution is -0.144. The molecule has 0 aromatic rings. The first-order valence-electron chi connectivity index (χ1n) is 6.83. The Balaban J connectivity index is 1.89. The van der Waals surface area contributed by atoms with Crippen LogP contribution in [0.3, 0.4) is 0 Å². The van der Waals surface area contributed by atoms with Crippen molar-refractivity contribution in [3.8, 4) is 0 Å². The zero-order valence-corrected chi connectivity index (χ0v) is 9.78. The second kappa shape index (κ2) is 3.97. The number of fused-ring (bicyclic) bond motifs is 3. The molecule has 0 bridgehead atoms. The standard InChI is InChI=1S/C14H20O2/c15-11-5-1-3-9-7-8-10-4-2-6-12(16)14(10)13(9)11/h9-10,13-14H,1-8H2/t9-,10-,13-,14+/m0/s1. The second-order valence-electron chi connectivity index (χ2n) is 5.87. The van der Waals surface area contributed by atoms with E-state index >= 15 is 0 Å². The van der Waals surface area contributed by atoms with Crippen molar-refractivity contribution in [2.24, 2.45) is 23.7 Å². The molecule has 3 rings (SSSR count). The lowest BCUT2D eigenvalue weighted by Crippen LogP contribution is -2.46. The SMILES string of the molecule is O=C1CCC[C@H]2CC[C@@H]3CCCC(=O)[C@@H]3[C@H]12. The van der Waals surface area contributed by atoms with Crippen molar-refractivity contribution in [2.45, 2.75) is 51.4 Å². The van der Waals surface area contributed by atoms with Crippen LogP contribution in [0.25, 0.3) is 0 Å². The molecule has 0 N–H and O–H groups in total. The Morgan fingerprint density at radius 1 is 0.688 bits per heavy atom. The molecule has 0 amide bonds. The lowest BCUT2D eigenvalue weighted by Gasteiger charge is -2.45. The van der Waals surface area contributed by atoms with E-state index in [0.717, 1.165) is 25.7 Å². The number of carbonyl (C=O) groups excluding carboxylic acids is 2. The summed E-state index contributed by atoms with van der Waals surface area (Å²) in [5.74, 6) is 2.15. The fourth-order valence-electron chi connectivity index (χ4n) is 4.36. The molecule has 0 spiro atoms. The third kappa shape index (κ3) is 1.54. The Morgan fingerprint density at radius 3 is 1.56 bits per heavy atom. The minimum Gasteiger partial charge on any atom is -0.299 e. The van der Waals surface area contributed by atoms with Gasteiger partial charge in [0.1, 0.15) is 11.6 Å². The molecule has 0 aromatic carbocycles. The van der Waals surface area contributed by atoms with E-state index < -0.39 is 0 Å². The van der Waals surface area contributed by atoms with Crippen LogP contribution in [-0.2, 0) is 9.59 Å². The number of Topliss-reactive ketones (excluding diaryl/α,β-unsaturated/α-hetero) is 2. The maximum atomic E-state index is 12.1.